The summed E-state index contributed by atoms with van der Waals surface area (Å²) < 4.78 is 26.7. The first-order chi connectivity index (χ1) is 7.10. The van der Waals surface area contributed by atoms with Crippen LogP contribution in [0.2, 0.25) is 0 Å². The molecule has 5 heteroatoms. The van der Waals surface area contributed by atoms with Crippen LogP contribution in [-0.2, 0) is 10.0 Å². The van der Waals surface area contributed by atoms with E-state index in [4.69, 9.17) is 0 Å². The van der Waals surface area contributed by atoms with Gasteiger partial charge < -0.3 is 0 Å². The van der Waals surface area contributed by atoms with Crippen LogP contribution in [0.1, 0.15) is 45.4 Å². The lowest BCUT2D eigenvalue weighted by Crippen LogP contribution is -2.40. The smallest absolute Gasteiger partial charge is 0.212 e. The summed E-state index contributed by atoms with van der Waals surface area (Å²) in [5.41, 5.74) is 0. The van der Waals surface area contributed by atoms with Gasteiger partial charge in [-0.25, -0.2) is 13.1 Å². The van der Waals surface area contributed by atoms with E-state index in [2.05, 4.69) is 20.7 Å². The number of hydrogen-bond donors (Lipinski definition) is 1. The maximum absolute atomic E-state index is 12.0. The zero-order valence-electron chi connectivity index (χ0n) is 9.21. The molecule has 1 fully saturated rings. The number of rotatable bonds is 6. The lowest BCUT2D eigenvalue weighted by atomic mass is 10.2. The maximum Gasteiger partial charge on any atom is 0.214 e. The molecule has 0 bridgehead atoms. The second-order valence-electron chi connectivity index (χ2n) is 4.15. The van der Waals surface area contributed by atoms with Gasteiger partial charge in [-0.3, -0.25) is 0 Å². The van der Waals surface area contributed by atoms with Crippen molar-refractivity contribution < 1.29 is 8.42 Å². The van der Waals surface area contributed by atoms with Gasteiger partial charge in [0, 0.05) is 11.4 Å². The largest absolute Gasteiger partial charge is 0.214 e. The van der Waals surface area contributed by atoms with Crippen molar-refractivity contribution >= 4 is 26.0 Å². The molecule has 90 valence electrons. The first-order valence-electron chi connectivity index (χ1n) is 5.67. The Morgan fingerprint density at radius 2 is 2.00 bits per heavy atom. The number of alkyl halides is 1. The van der Waals surface area contributed by atoms with Gasteiger partial charge in [0.25, 0.3) is 0 Å². The van der Waals surface area contributed by atoms with E-state index in [0.29, 0.717) is 0 Å². The van der Waals surface area contributed by atoms with Crippen LogP contribution in [0.4, 0.5) is 0 Å². The van der Waals surface area contributed by atoms with Crippen LogP contribution in [0.25, 0.3) is 0 Å². The third-order valence-electron chi connectivity index (χ3n) is 3.02. The first kappa shape index (κ1) is 13.5. The summed E-state index contributed by atoms with van der Waals surface area (Å²) in [4.78, 5) is 0. The topological polar surface area (TPSA) is 46.2 Å². The standard InChI is InChI=1S/C10H20BrNO2S/c1-2-9(7-8-11)12-15(13,14)10-5-3-4-6-10/h9-10,12H,2-8H2,1H3. The van der Waals surface area contributed by atoms with E-state index >= 15 is 0 Å². The molecule has 1 rings (SSSR count). The van der Waals surface area contributed by atoms with E-state index in [1.54, 1.807) is 0 Å². The highest BCUT2D eigenvalue weighted by Gasteiger charge is 2.29. The van der Waals surface area contributed by atoms with Crippen LogP contribution in [0, 0.1) is 0 Å². The quantitative estimate of drug-likeness (QED) is 0.765. The van der Waals surface area contributed by atoms with Gasteiger partial charge in [0.1, 0.15) is 0 Å². The Balaban J connectivity index is 2.53. The summed E-state index contributed by atoms with van der Waals surface area (Å²) >= 11 is 3.35. The lowest BCUT2D eigenvalue weighted by molar-refractivity contribution is 0.521. The van der Waals surface area contributed by atoms with E-state index in [0.717, 1.165) is 43.9 Å². The molecular weight excluding hydrogens is 278 g/mol. The fourth-order valence-electron chi connectivity index (χ4n) is 2.01. The third kappa shape index (κ3) is 4.04. The Bertz CT molecular complexity index is 273. The van der Waals surface area contributed by atoms with Crippen molar-refractivity contribution in [2.75, 3.05) is 5.33 Å². The Labute approximate surface area is 101 Å². The van der Waals surface area contributed by atoms with E-state index in [9.17, 15) is 8.42 Å². The van der Waals surface area contributed by atoms with Gasteiger partial charge in [-0.05, 0) is 25.7 Å². The monoisotopic (exact) mass is 297 g/mol. The normalized spacial score (nSPS) is 20.7. The number of halogens is 1. The molecule has 0 radical (unpaired) electrons. The van der Waals surface area contributed by atoms with Crippen molar-refractivity contribution in [1.82, 2.24) is 4.72 Å². The summed E-state index contributed by atoms with van der Waals surface area (Å²) in [6, 6.07) is 0.0926. The molecule has 1 unspecified atom stereocenters. The van der Waals surface area contributed by atoms with Crippen LogP contribution in [0.5, 0.6) is 0 Å². The first-order valence-corrected chi connectivity index (χ1v) is 8.34. The van der Waals surface area contributed by atoms with Crippen LogP contribution in [-0.4, -0.2) is 25.0 Å². The maximum atomic E-state index is 12.0. The van der Waals surface area contributed by atoms with Crippen molar-refractivity contribution in [3.05, 3.63) is 0 Å². The fraction of sp³-hybridized carbons (Fsp3) is 1.00. The van der Waals surface area contributed by atoms with Gasteiger partial charge in [0.2, 0.25) is 10.0 Å². The molecule has 1 N–H and O–H groups in total. The van der Waals surface area contributed by atoms with Crippen LogP contribution < -0.4 is 4.72 Å². The average Bonchev–Trinajstić information content (AvgIpc) is 2.70. The van der Waals surface area contributed by atoms with E-state index < -0.39 is 10.0 Å². The molecule has 15 heavy (non-hydrogen) atoms. The molecule has 0 aromatic carbocycles. The molecule has 3 nitrogen and oxygen atoms in total. The van der Waals surface area contributed by atoms with Gasteiger partial charge in [0.05, 0.1) is 5.25 Å². The second-order valence-corrected chi connectivity index (χ2v) is 6.94. The highest BCUT2D eigenvalue weighted by atomic mass is 79.9. The highest BCUT2D eigenvalue weighted by molar-refractivity contribution is 9.09. The van der Waals surface area contributed by atoms with Crippen molar-refractivity contribution in [3.63, 3.8) is 0 Å². The summed E-state index contributed by atoms with van der Waals surface area (Å²) in [5, 5.41) is 0.709. The number of nitrogens with one attached hydrogen (secondary N) is 1. The third-order valence-corrected chi connectivity index (χ3v) is 5.49. The summed E-state index contributed by atoms with van der Waals surface area (Å²) in [6.45, 7) is 2.02. The Morgan fingerprint density at radius 1 is 1.40 bits per heavy atom. The Morgan fingerprint density at radius 3 is 2.47 bits per heavy atom. The molecule has 0 saturated heterocycles. The molecule has 0 aromatic heterocycles. The summed E-state index contributed by atoms with van der Waals surface area (Å²) in [7, 11) is -3.06. The summed E-state index contributed by atoms with van der Waals surface area (Å²) in [6.07, 6.45) is 5.50. The molecule has 0 heterocycles. The van der Waals surface area contributed by atoms with Gasteiger partial charge in [0.15, 0.2) is 0 Å². The highest BCUT2D eigenvalue weighted by Crippen LogP contribution is 2.24. The predicted octanol–water partition coefficient (Wildman–Crippen LogP) is 2.41. The van der Waals surface area contributed by atoms with Gasteiger partial charge in [-0.2, -0.15) is 0 Å². The minimum absolute atomic E-state index is 0.0926. The molecule has 1 saturated carbocycles. The van der Waals surface area contributed by atoms with Gasteiger partial charge in [-0.15, -0.1) is 0 Å². The molecule has 1 atom stereocenters. The Hall–Kier alpha value is 0.390. The molecule has 1 aliphatic rings. The SMILES string of the molecule is CCC(CCBr)NS(=O)(=O)C1CCCC1. The van der Waals surface area contributed by atoms with Gasteiger partial charge >= 0.3 is 0 Å². The van der Waals surface area contributed by atoms with Crippen LogP contribution >= 0.6 is 15.9 Å². The van der Waals surface area contributed by atoms with Crippen LogP contribution in [0.15, 0.2) is 0 Å². The minimum atomic E-state index is -3.06. The molecule has 0 spiro atoms. The zero-order valence-corrected chi connectivity index (χ0v) is 11.6. The van der Waals surface area contributed by atoms with E-state index in [1.165, 1.54) is 0 Å². The second kappa shape index (κ2) is 6.21. The predicted molar refractivity (Wildman–Crippen MR) is 66.8 cm³/mol. The lowest BCUT2D eigenvalue weighted by Gasteiger charge is -2.19. The molecule has 1 aliphatic carbocycles. The van der Waals surface area contributed by atoms with E-state index in [1.807, 2.05) is 6.92 Å². The van der Waals surface area contributed by atoms with Crippen molar-refractivity contribution in [3.8, 4) is 0 Å². The molecular formula is C10H20BrNO2S. The molecule has 0 aromatic rings. The average molecular weight is 298 g/mol. The fourth-order valence-corrected chi connectivity index (χ4v) is 4.45. The van der Waals surface area contributed by atoms with Crippen molar-refractivity contribution in [1.29, 1.82) is 0 Å². The number of sulfonamides is 1. The Kier molecular flexibility index (Phi) is 5.57. The van der Waals surface area contributed by atoms with Gasteiger partial charge in [-0.1, -0.05) is 35.7 Å². The van der Waals surface area contributed by atoms with Crippen molar-refractivity contribution in [2.24, 2.45) is 0 Å². The van der Waals surface area contributed by atoms with E-state index in [-0.39, 0.29) is 11.3 Å². The minimum Gasteiger partial charge on any atom is -0.212 e. The molecule has 0 amide bonds. The van der Waals surface area contributed by atoms with Crippen LogP contribution in [0.3, 0.4) is 0 Å². The molecule has 0 aliphatic heterocycles. The zero-order chi connectivity index (χ0) is 11.3. The summed E-state index contributed by atoms with van der Waals surface area (Å²) in [5.74, 6) is 0. The number of hydrogen-bond acceptors (Lipinski definition) is 2. The van der Waals surface area contributed by atoms with Crippen molar-refractivity contribution in [2.45, 2.75) is 56.7 Å².